The summed E-state index contributed by atoms with van der Waals surface area (Å²) in [6.07, 6.45) is -6.51. The Morgan fingerprint density at radius 2 is 1.09 bits per heavy atom. The Morgan fingerprint density at radius 3 is 1.52 bits per heavy atom. The standard InChI is InChI=1S/C43H71N13O16S.C2HF3O2/c1-6-22(4)35(43(70)50-25(12-21(2)3)20-73(71,72)56-31(19-59)42(69)54-30(18-58)36(47)63)55-37(64)23(5)49-34(62)16-48-39(66)27(13-24-10-8-7-9-11-24)52-41(68)29(15-33(46)61)53-40(67)28(14-32(45)60)51-38(65)26(44)17-57;3-2(4,5)1(6)7/h7-11,21-23,25-31,35,56-59H,6,12-20,44H2,1-5H3,(H2,45,60)(H2,46,61)(H2,47,63)(H,48,66)(H,49,62)(H,50,70)(H,51,65)(H,52,68)(H,53,67)(H,54,69)(H,55,64);(H,6,7)/t22-,23-,25-,26-,27-,28-,29-,30-,31-,35-;/m0./s1. The van der Waals surface area contributed by atoms with Crippen LogP contribution in [0.5, 0.6) is 0 Å². The number of carboxylic acid groups (broad SMARTS) is 1. The molecule has 0 aliphatic carbocycles. The largest absolute Gasteiger partial charge is 0.490 e. The molecule has 0 saturated carbocycles. The lowest BCUT2D eigenvalue weighted by Crippen LogP contribution is -2.59. The molecule has 0 aromatic heterocycles. The minimum Gasteiger partial charge on any atom is -0.475 e. The molecule has 452 valence electrons. The highest BCUT2D eigenvalue weighted by Gasteiger charge is 2.39. The highest BCUT2D eigenvalue weighted by Crippen LogP contribution is 2.14. The Labute approximate surface area is 456 Å². The Bertz CT molecular complexity index is 2430. The summed E-state index contributed by atoms with van der Waals surface area (Å²) < 4.78 is 60.2. The zero-order valence-corrected chi connectivity index (χ0v) is 45.0. The van der Waals surface area contributed by atoms with Gasteiger partial charge in [-0.3, -0.25) is 52.7 Å². The van der Waals surface area contributed by atoms with E-state index in [1.807, 2.05) is 10.0 Å². The number of benzene rings is 1. The molecule has 1 aromatic rings. The van der Waals surface area contributed by atoms with Gasteiger partial charge in [0.05, 0.1) is 45.0 Å². The second-order valence-corrected chi connectivity index (χ2v) is 20.1. The number of halogens is 3. The first-order valence-electron chi connectivity index (χ1n) is 24.2. The highest BCUT2D eigenvalue weighted by atomic mass is 32.2. The predicted molar refractivity (Wildman–Crippen MR) is 272 cm³/mol. The second-order valence-electron chi connectivity index (χ2n) is 18.3. The van der Waals surface area contributed by atoms with Crippen molar-refractivity contribution in [3.8, 4) is 0 Å². The number of aliphatic hydroxyl groups excluding tert-OH is 3. The van der Waals surface area contributed by atoms with Crippen molar-refractivity contribution in [1.82, 2.24) is 47.3 Å². The van der Waals surface area contributed by atoms with Crippen molar-refractivity contribution in [2.45, 2.75) is 127 Å². The average Bonchev–Trinajstić information content (AvgIpc) is 3.35. The molecular formula is C45H72F3N13O18S. The van der Waals surface area contributed by atoms with Crippen LogP contribution in [0.4, 0.5) is 13.2 Å². The third-order valence-electron chi connectivity index (χ3n) is 10.9. The smallest absolute Gasteiger partial charge is 0.475 e. The van der Waals surface area contributed by atoms with Crippen molar-refractivity contribution < 1.29 is 99.5 Å². The van der Waals surface area contributed by atoms with Crippen molar-refractivity contribution in [1.29, 1.82) is 0 Å². The maximum Gasteiger partial charge on any atom is 0.490 e. The molecule has 0 spiro atoms. The van der Waals surface area contributed by atoms with Gasteiger partial charge in [0.1, 0.15) is 48.3 Å². The number of aliphatic carboxylic acids is 1. The zero-order chi connectivity index (χ0) is 61.8. The quantitative estimate of drug-likeness (QED) is 0.0305. The second kappa shape index (κ2) is 35.1. The summed E-state index contributed by atoms with van der Waals surface area (Å²) in [6, 6.07) is -5.51. The van der Waals surface area contributed by atoms with Crippen LogP contribution in [0.3, 0.4) is 0 Å². The van der Waals surface area contributed by atoms with Crippen molar-refractivity contribution in [2.75, 3.05) is 32.1 Å². The van der Waals surface area contributed by atoms with Gasteiger partial charge in [-0.05, 0) is 30.7 Å². The Balaban J connectivity index is 0.00000830. The maximum atomic E-state index is 13.8. The van der Waals surface area contributed by atoms with E-state index in [9.17, 15) is 89.6 Å². The molecular weight excluding hydrogens is 1100 g/mol. The van der Waals surface area contributed by atoms with Crippen LogP contribution in [0.25, 0.3) is 0 Å². The lowest BCUT2D eigenvalue weighted by molar-refractivity contribution is -0.192. The molecule has 10 atom stereocenters. The van der Waals surface area contributed by atoms with E-state index >= 15 is 0 Å². The summed E-state index contributed by atoms with van der Waals surface area (Å²) >= 11 is 0. The summed E-state index contributed by atoms with van der Waals surface area (Å²) in [5.74, 6) is -15.7. The number of rotatable bonds is 34. The third kappa shape index (κ3) is 28.3. The number of hydrogen-bond acceptors (Lipinski definition) is 18. The van der Waals surface area contributed by atoms with Crippen molar-refractivity contribution in [3.63, 3.8) is 0 Å². The summed E-state index contributed by atoms with van der Waals surface area (Å²) in [5, 5.41) is 54.0. The SMILES string of the molecule is CC[C@H](C)[C@H](NC(=O)[C@H](C)NC(=O)CNC(=O)[C@H](Cc1ccccc1)NC(=O)[C@H](CC(N)=O)NC(=O)[C@H](CC(N)=O)NC(=O)[C@@H](N)CO)C(=O)N[C@@H](CC(C)C)CS(=O)(=O)N[C@@H](CO)C(=O)N[C@@H](CO)C(N)=O.O=C(O)C(F)(F)F. The lowest BCUT2D eigenvalue weighted by atomic mass is 9.97. The number of nitrogens with one attached hydrogen (secondary N) is 9. The first kappa shape index (κ1) is 72.4. The fraction of sp³-hybridized carbons (Fsp3) is 0.600. The Morgan fingerprint density at radius 1 is 0.613 bits per heavy atom. The molecule has 1 rings (SSSR count). The molecule has 0 aliphatic rings. The van der Waals surface area contributed by atoms with Gasteiger partial charge in [-0.25, -0.2) is 17.9 Å². The number of sulfonamides is 1. The Kier molecular flexibility index (Phi) is 31.8. The summed E-state index contributed by atoms with van der Waals surface area (Å²) in [6.45, 7) is 4.53. The number of carbonyl (C=O) groups excluding carboxylic acids is 11. The fourth-order valence-electron chi connectivity index (χ4n) is 6.63. The van der Waals surface area contributed by atoms with E-state index < -0.39 is 192 Å². The minimum absolute atomic E-state index is 0.0824. The van der Waals surface area contributed by atoms with Gasteiger partial charge in [0.25, 0.3) is 0 Å². The Hall–Kier alpha value is -7.60. The van der Waals surface area contributed by atoms with Crippen LogP contribution in [0.1, 0.15) is 65.9 Å². The average molecular weight is 1170 g/mol. The van der Waals surface area contributed by atoms with E-state index in [1.54, 1.807) is 58.0 Å². The molecule has 80 heavy (non-hydrogen) atoms. The van der Waals surface area contributed by atoms with E-state index in [0.717, 1.165) is 0 Å². The molecule has 31 nitrogen and oxygen atoms in total. The minimum atomic E-state index is -5.08. The van der Waals surface area contributed by atoms with Crippen LogP contribution >= 0.6 is 0 Å². The number of primary amides is 3. The normalized spacial score (nSPS) is 15.1. The van der Waals surface area contributed by atoms with Crippen molar-refractivity contribution in [3.05, 3.63) is 35.9 Å². The van der Waals surface area contributed by atoms with Crippen LogP contribution in [0.15, 0.2) is 30.3 Å². The highest BCUT2D eigenvalue weighted by molar-refractivity contribution is 7.89. The van der Waals surface area contributed by atoms with Crippen LogP contribution < -0.4 is 70.2 Å². The van der Waals surface area contributed by atoms with E-state index in [4.69, 9.17) is 32.8 Å². The number of amides is 11. The molecule has 0 heterocycles. The molecule has 1 aromatic carbocycles. The number of nitrogens with two attached hydrogens (primary N) is 4. The first-order valence-corrected chi connectivity index (χ1v) is 25.8. The maximum absolute atomic E-state index is 13.8. The van der Waals surface area contributed by atoms with E-state index in [-0.39, 0.29) is 18.8 Å². The third-order valence-corrected chi connectivity index (χ3v) is 12.4. The van der Waals surface area contributed by atoms with Crippen LogP contribution in [0, 0.1) is 11.8 Å². The molecule has 11 amide bonds. The van der Waals surface area contributed by atoms with E-state index in [2.05, 4.69) is 37.2 Å². The lowest BCUT2D eigenvalue weighted by Gasteiger charge is -2.29. The fourth-order valence-corrected chi connectivity index (χ4v) is 8.09. The molecule has 0 fully saturated rings. The van der Waals surface area contributed by atoms with Gasteiger partial charge in [-0.1, -0.05) is 64.4 Å². The first-order chi connectivity index (χ1) is 37.0. The van der Waals surface area contributed by atoms with Crippen LogP contribution in [0.2, 0.25) is 0 Å². The monoisotopic (exact) mass is 1170 g/mol. The molecule has 21 N–H and O–H groups in total. The summed E-state index contributed by atoms with van der Waals surface area (Å²) in [7, 11) is -4.47. The van der Waals surface area contributed by atoms with Gasteiger partial charge in [-0.15, -0.1) is 0 Å². The molecule has 0 aliphatic heterocycles. The predicted octanol–water partition coefficient (Wildman–Crippen LogP) is -7.69. The van der Waals surface area contributed by atoms with Gasteiger partial charge in [0.15, 0.2) is 0 Å². The number of carbonyl (C=O) groups is 12. The van der Waals surface area contributed by atoms with Gasteiger partial charge in [0, 0.05) is 12.5 Å². The number of aliphatic hydroxyl groups is 3. The zero-order valence-electron chi connectivity index (χ0n) is 44.2. The van der Waals surface area contributed by atoms with Crippen molar-refractivity contribution >= 4 is 81.0 Å². The molecule has 0 bridgehead atoms. The topological polar surface area (TPSA) is 532 Å². The van der Waals surface area contributed by atoms with E-state index in [0.29, 0.717) is 12.0 Å². The number of carboxylic acids is 1. The van der Waals surface area contributed by atoms with Gasteiger partial charge in [-0.2, -0.15) is 13.2 Å². The van der Waals surface area contributed by atoms with Crippen LogP contribution in [-0.4, -0.2) is 192 Å². The molecule has 0 radical (unpaired) electrons. The summed E-state index contributed by atoms with van der Waals surface area (Å²) in [5.41, 5.74) is 21.6. The van der Waals surface area contributed by atoms with Gasteiger partial charge in [0.2, 0.25) is 75.0 Å². The molecule has 35 heteroatoms. The molecule has 0 unspecified atom stereocenters. The van der Waals surface area contributed by atoms with Crippen LogP contribution in [-0.2, 0) is 74.0 Å². The van der Waals surface area contributed by atoms with E-state index in [1.165, 1.54) is 6.92 Å². The van der Waals surface area contributed by atoms with Gasteiger partial charge >= 0.3 is 12.1 Å². The van der Waals surface area contributed by atoms with Crippen molar-refractivity contribution in [2.24, 2.45) is 34.8 Å². The summed E-state index contributed by atoms with van der Waals surface area (Å²) in [4.78, 5) is 150. The van der Waals surface area contributed by atoms with Gasteiger partial charge < -0.3 is 85.9 Å². The number of hydrogen-bond donors (Lipinski definition) is 17. The molecule has 0 saturated heterocycles. The number of alkyl halides is 3.